The summed E-state index contributed by atoms with van der Waals surface area (Å²) in [6.07, 6.45) is 1.59. The molecule has 1 aromatic heterocycles. The van der Waals surface area contributed by atoms with Crippen LogP contribution in [0.2, 0.25) is 0 Å². The molecule has 1 aliphatic heterocycles. The normalized spacial score (nSPS) is 14.0. The van der Waals surface area contributed by atoms with Crippen LogP contribution < -0.4 is 15.8 Å². The number of para-hydroxylation sites is 1. The van der Waals surface area contributed by atoms with Gasteiger partial charge in [-0.3, -0.25) is 9.59 Å². The van der Waals surface area contributed by atoms with E-state index in [0.717, 1.165) is 24.1 Å². The van der Waals surface area contributed by atoms with Crippen molar-refractivity contribution in [1.82, 2.24) is 15.2 Å². The van der Waals surface area contributed by atoms with Crippen LogP contribution in [0.5, 0.6) is 5.75 Å². The van der Waals surface area contributed by atoms with Crippen molar-refractivity contribution >= 4 is 17.6 Å². The van der Waals surface area contributed by atoms with Crippen LogP contribution >= 0.6 is 0 Å². The number of nitrogens with zero attached hydrogens (tertiary/aromatic N) is 2. The molecule has 2 aromatic carbocycles. The average Bonchev–Trinajstić information content (AvgIpc) is 2.87. The summed E-state index contributed by atoms with van der Waals surface area (Å²) >= 11 is 0. The smallest absolute Gasteiger partial charge is 0.260 e. The van der Waals surface area contributed by atoms with Gasteiger partial charge in [0, 0.05) is 31.2 Å². The van der Waals surface area contributed by atoms with Crippen molar-refractivity contribution in [3.63, 3.8) is 0 Å². The summed E-state index contributed by atoms with van der Waals surface area (Å²) in [7, 11) is 0. The van der Waals surface area contributed by atoms with Crippen molar-refractivity contribution in [1.29, 1.82) is 0 Å². The van der Waals surface area contributed by atoms with E-state index in [0.29, 0.717) is 30.9 Å². The summed E-state index contributed by atoms with van der Waals surface area (Å²) in [4.78, 5) is 31.3. The number of nitrogen functional groups attached to an aromatic ring is 1. The highest BCUT2D eigenvalue weighted by Crippen LogP contribution is 2.28. The van der Waals surface area contributed by atoms with Crippen molar-refractivity contribution in [3.05, 3.63) is 89.6 Å². The van der Waals surface area contributed by atoms with E-state index in [1.807, 2.05) is 71.6 Å². The van der Waals surface area contributed by atoms with E-state index in [9.17, 15) is 9.59 Å². The number of carbonyl (C=O) groups excluding carboxylic acids is 2. The molecule has 3 N–H and O–H groups in total. The van der Waals surface area contributed by atoms with Crippen LogP contribution in [-0.2, 0) is 11.3 Å². The molecule has 0 spiro atoms. The van der Waals surface area contributed by atoms with Crippen LogP contribution in [0.1, 0.15) is 40.4 Å². The Hall–Kier alpha value is -3.87. The predicted octanol–water partition coefficient (Wildman–Crippen LogP) is 3.38. The molecule has 0 bridgehead atoms. The lowest BCUT2D eigenvalue weighted by molar-refractivity contribution is -0.134. The van der Waals surface area contributed by atoms with Gasteiger partial charge in [0.1, 0.15) is 11.6 Å². The third kappa shape index (κ3) is 5.88. The summed E-state index contributed by atoms with van der Waals surface area (Å²) in [5, 5.41) is 2.88. The summed E-state index contributed by atoms with van der Waals surface area (Å²) in [5.41, 5.74) is 8.37. The second-order valence-corrected chi connectivity index (χ2v) is 8.09. The van der Waals surface area contributed by atoms with Gasteiger partial charge in [-0.1, -0.05) is 48.5 Å². The zero-order valence-corrected chi connectivity index (χ0v) is 18.4. The fourth-order valence-electron chi connectivity index (χ4n) is 3.96. The van der Waals surface area contributed by atoms with Crippen LogP contribution in [-0.4, -0.2) is 41.4 Å². The Morgan fingerprint density at radius 1 is 0.970 bits per heavy atom. The maximum absolute atomic E-state index is 12.5. The summed E-state index contributed by atoms with van der Waals surface area (Å²) < 4.78 is 5.57. The third-order valence-electron chi connectivity index (χ3n) is 5.86. The van der Waals surface area contributed by atoms with Gasteiger partial charge >= 0.3 is 0 Å². The third-order valence-corrected chi connectivity index (χ3v) is 5.86. The first-order valence-electron chi connectivity index (χ1n) is 11.1. The number of aromatic nitrogens is 1. The van der Waals surface area contributed by atoms with E-state index < -0.39 is 0 Å². The Morgan fingerprint density at radius 3 is 2.30 bits per heavy atom. The molecule has 1 aliphatic rings. The summed E-state index contributed by atoms with van der Waals surface area (Å²) in [5.74, 6) is 0.860. The molecule has 170 valence electrons. The highest BCUT2D eigenvalue weighted by molar-refractivity contribution is 5.98. The molecule has 0 atom stereocenters. The van der Waals surface area contributed by atoms with E-state index in [1.165, 1.54) is 0 Å². The number of rotatable bonds is 7. The molecular weight excluding hydrogens is 416 g/mol. The monoisotopic (exact) mass is 444 g/mol. The molecule has 1 fully saturated rings. The van der Waals surface area contributed by atoms with Gasteiger partial charge in [-0.15, -0.1) is 0 Å². The number of likely N-dealkylation sites (tertiary alicyclic amines) is 1. The zero-order chi connectivity index (χ0) is 23.0. The minimum Gasteiger partial charge on any atom is -0.484 e. The lowest BCUT2D eigenvalue weighted by atomic mass is 9.92. The molecule has 7 nitrogen and oxygen atoms in total. The highest BCUT2D eigenvalue weighted by Gasteiger charge is 2.25. The Balaban J connectivity index is 1.28. The molecule has 1 saturated heterocycles. The Kier molecular flexibility index (Phi) is 7.19. The number of piperidine rings is 1. The van der Waals surface area contributed by atoms with Gasteiger partial charge in [-0.05, 0) is 42.7 Å². The topological polar surface area (TPSA) is 97.6 Å². The molecule has 4 rings (SSSR count). The van der Waals surface area contributed by atoms with Crippen molar-refractivity contribution in [3.8, 4) is 5.75 Å². The number of carbonyl (C=O) groups is 2. The molecule has 33 heavy (non-hydrogen) atoms. The Bertz CT molecular complexity index is 1080. The number of pyridine rings is 1. The number of benzene rings is 2. The number of amides is 2. The maximum Gasteiger partial charge on any atom is 0.260 e. The molecule has 2 amide bonds. The largest absolute Gasteiger partial charge is 0.484 e. The van der Waals surface area contributed by atoms with Crippen LogP contribution in [0.15, 0.2) is 72.8 Å². The lowest BCUT2D eigenvalue weighted by Gasteiger charge is -2.31. The van der Waals surface area contributed by atoms with E-state index >= 15 is 0 Å². The van der Waals surface area contributed by atoms with E-state index in [-0.39, 0.29) is 30.2 Å². The van der Waals surface area contributed by atoms with Crippen LogP contribution in [0.4, 0.5) is 5.82 Å². The first-order chi connectivity index (χ1) is 16.1. The van der Waals surface area contributed by atoms with Crippen molar-refractivity contribution in [2.75, 3.05) is 25.4 Å². The van der Waals surface area contributed by atoms with Gasteiger partial charge in [0.2, 0.25) is 0 Å². The minimum atomic E-state index is -0.241. The summed E-state index contributed by atoms with van der Waals surface area (Å²) in [6.45, 7) is 1.75. The fourth-order valence-corrected chi connectivity index (χ4v) is 3.96. The standard InChI is InChI=1S/C26H28N4O3/c27-25-22(26(32)28-17-19-7-3-1-4-8-19)11-12-23(29-25)20-13-15-30(16-14-20)24(31)18-33-21-9-5-2-6-10-21/h1-12,20H,13-18H2,(H2,27,29)(H,28,32). The average molecular weight is 445 g/mol. The number of ether oxygens (including phenoxy) is 1. The second kappa shape index (κ2) is 10.6. The zero-order valence-electron chi connectivity index (χ0n) is 18.4. The van der Waals surface area contributed by atoms with E-state index in [1.54, 1.807) is 6.07 Å². The molecule has 0 saturated carbocycles. The van der Waals surface area contributed by atoms with E-state index in [4.69, 9.17) is 10.5 Å². The molecule has 0 radical (unpaired) electrons. The molecule has 0 aliphatic carbocycles. The van der Waals surface area contributed by atoms with Gasteiger partial charge in [0.25, 0.3) is 11.8 Å². The van der Waals surface area contributed by atoms with Gasteiger partial charge in [-0.2, -0.15) is 0 Å². The van der Waals surface area contributed by atoms with Crippen molar-refractivity contribution < 1.29 is 14.3 Å². The molecule has 0 unspecified atom stereocenters. The number of anilines is 1. The van der Waals surface area contributed by atoms with Gasteiger partial charge in [0.15, 0.2) is 6.61 Å². The maximum atomic E-state index is 12.5. The van der Waals surface area contributed by atoms with E-state index in [2.05, 4.69) is 10.3 Å². The number of nitrogens with two attached hydrogens (primary N) is 1. The van der Waals surface area contributed by atoms with Gasteiger partial charge < -0.3 is 20.7 Å². The van der Waals surface area contributed by atoms with Crippen LogP contribution in [0, 0.1) is 0 Å². The molecule has 3 aromatic rings. The van der Waals surface area contributed by atoms with Gasteiger partial charge in [-0.25, -0.2) is 4.98 Å². The second-order valence-electron chi connectivity index (χ2n) is 8.09. The van der Waals surface area contributed by atoms with Gasteiger partial charge in [0.05, 0.1) is 5.56 Å². The molecule has 2 heterocycles. The Labute approximate surface area is 193 Å². The fraction of sp³-hybridized carbons (Fsp3) is 0.269. The Morgan fingerprint density at radius 2 is 1.64 bits per heavy atom. The molecular formula is C26H28N4O3. The SMILES string of the molecule is Nc1nc(C2CCN(C(=O)COc3ccccc3)CC2)ccc1C(=O)NCc1ccccc1. The predicted molar refractivity (Wildman–Crippen MR) is 127 cm³/mol. The minimum absolute atomic E-state index is 0.0183. The quantitative estimate of drug-likeness (QED) is 0.582. The van der Waals surface area contributed by atoms with Crippen molar-refractivity contribution in [2.45, 2.75) is 25.3 Å². The number of hydrogen-bond donors (Lipinski definition) is 2. The molecule has 7 heteroatoms. The number of hydrogen-bond acceptors (Lipinski definition) is 5. The first kappa shape index (κ1) is 22.3. The van der Waals surface area contributed by atoms with Crippen LogP contribution in [0.3, 0.4) is 0 Å². The van der Waals surface area contributed by atoms with Crippen molar-refractivity contribution in [2.24, 2.45) is 0 Å². The lowest BCUT2D eigenvalue weighted by Crippen LogP contribution is -2.40. The highest BCUT2D eigenvalue weighted by atomic mass is 16.5. The van der Waals surface area contributed by atoms with Crippen LogP contribution in [0.25, 0.3) is 0 Å². The first-order valence-corrected chi connectivity index (χ1v) is 11.1. The number of nitrogens with one attached hydrogen (secondary N) is 1. The summed E-state index contributed by atoms with van der Waals surface area (Å²) in [6, 6.07) is 22.6.